The van der Waals surface area contributed by atoms with Gasteiger partial charge in [0.15, 0.2) is 0 Å². The molecule has 0 saturated carbocycles. The first-order valence-corrected chi connectivity index (χ1v) is 7.71. The van der Waals surface area contributed by atoms with Gasteiger partial charge in [-0.3, -0.25) is 4.79 Å². The molecule has 0 spiro atoms. The highest BCUT2D eigenvalue weighted by Crippen LogP contribution is 2.30. The van der Waals surface area contributed by atoms with Crippen molar-refractivity contribution in [1.29, 1.82) is 0 Å². The highest BCUT2D eigenvalue weighted by atomic mass is 16.5. The zero-order valence-corrected chi connectivity index (χ0v) is 12.4. The third-order valence-electron chi connectivity index (χ3n) is 4.52. The number of likely N-dealkylation sites (tertiary alicyclic amines) is 1. The summed E-state index contributed by atoms with van der Waals surface area (Å²) in [5.74, 6) is 1.38. The Kier molecular flexibility index (Phi) is 5.64. The highest BCUT2D eigenvalue weighted by Gasteiger charge is 2.35. The lowest BCUT2D eigenvalue weighted by Gasteiger charge is -2.34. The van der Waals surface area contributed by atoms with Crippen molar-refractivity contribution in [1.82, 2.24) is 10.2 Å². The predicted molar refractivity (Wildman–Crippen MR) is 76.0 cm³/mol. The molecule has 0 bridgehead atoms. The molecule has 0 radical (unpaired) electrons. The second kappa shape index (κ2) is 7.25. The van der Waals surface area contributed by atoms with E-state index in [0.29, 0.717) is 36.8 Å². The molecule has 2 saturated heterocycles. The van der Waals surface area contributed by atoms with Crippen LogP contribution >= 0.6 is 0 Å². The number of methoxy groups -OCH3 is 1. The van der Waals surface area contributed by atoms with E-state index in [-0.39, 0.29) is 0 Å². The van der Waals surface area contributed by atoms with Crippen LogP contribution in [0.25, 0.3) is 0 Å². The Labute approximate surface area is 116 Å². The van der Waals surface area contributed by atoms with Gasteiger partial charge in [-0.05, 0) is 50.6 Å². The van der Waals surface area contributed by atoms with Crippen molar-refractivity contribution >= 4 is 5.91 Å². The third kappa shape index (κ3) is 3.93. The molecule has 0 aromatic heterocycles. The second-order valence-electron chi connectivity index (χ2n) is 6.15. The van der Waals surface area contributed by atoms with Gasteiger partial charge < -0.3 is 15.0 Å². The molecule has 2 aliphatic rings. The van der Waals surface area contributed by atoms with Crippen molar-refractivity contribution in [2.24, 2.45) is 11.8 Å². The number of piperidine rings is 1. The minimum atomic E-state index is 0.326. The van der Waals surface area contributed by atoms with Gasteiger partial charge in [-0.15, -0.1) is 0 Å². The van der Waals surface area contributed by atoms with Gasteiger partial charge in [0.05, 0.1) is 0 Å². The first-order valence-electron chi connectivity index (χ1n) is 7.71. The maximum absolute atomic E-state index is 12.4. The van der Waals surface area contributed by atoms with Gasteiger partial charge in [-0.2, -0.15) is 0 Å². The largest absolute Gasteiger partial charge is 0.384 e. The van der Waals surface area contributed by atoms with Crippen molar-refractivity contribution in [3.05, 3.63) is 0 Å². The Bertz CT molecular complexity index is 290. The molecule has 2 atom stereocenters. The number of hydrogen-bond donors (Lipinski definition) is 1. The summed E-state index contributed by atoms with van der Waals surface area (Å²) in [6.45, 7) is 5.97. The number of carbonyl (C=O) groups is 1. The Morgan fingerprint density at radius 3 is 2.79 bits per heavy atom. The number of ether oxygens (including phenoxy) is 1. The molecule has 2 aliphatic heterocycles. The first kappa shape index (κ1) is 14.8. The summed E-state index contributed by atoms with van der Waals surface area (Å²) in [4.78, 5) is 14.6. The molecule has 1 amide bonds. The number of rotatable bonds is 5. The molecule has 4 nitrogen and oxygen atoms in total. The Hall–Kier alpha value is -0.610. The van der Waals surface area contributed by atoms with E-state index in [1.165, 1.54) is 25.7 Å². The lowest BCUT2D eigenvalue weighted by atomic mass is 9.88. The minimum absolute atomic E-state index is 0.326. The number of amides is 1. The fourth-order valence-corrected chi connectivity index (χ4v) is 3.58. The van der Waals surface area contributed by atoms with Crippen LogP contribution in [0.4, 0.5) is 0 Å². The molecule has 2 unspecified atom stereocenters. The number of nitrogens with zero attached hydrogens (tertiary/aromatic N) is 1. The lowest BCUT2D eigenvalue weighted by Crippen LogP contribution is -2.44. The number of carbonyl (C=O) groups excluding carboxylic acids is 1. The fraction of sp³-hybridized carbons (Fsp3) is 0.933. The summed E-state index contributed by atoms with van der Waals surface area (Å²) >= 11 is 0. The van der Waals surface area contributed by atoms with Crippen LogP contribution in [0.3, 0.4) is 0 Å². The molecule has 2 fully saturated rings. The number of nitrogens with one attached hydrogen (secondary N) is 1. The standard InChI is InChI=1S/C15H28N2O2/c1-12(11-19-2)10-15(18)17-9-3-4-14(17)13-5-7-16-8-6-13/h12-14,16H,3-11H2,1-2H3. The molecule has 2 heterocycles. The maximum atomic E-state index is 12.4. The van der Waals surface area contributed by atoms with Crippen molar-refractivity contribution in [3.8, 4) is 0 Å². The van der Waals surface area contributed by atoms with Gasteiger partial charge in [0.25, 0.3) is 0 Å². The van der Waals surface area contributed by atoms with Crippen molar-refractivity contribution in [2.75, 3.05) is 33.4 Å². The molecule has 110 valence electrons. The van der Waals surface area contributed by atoms with Crippen molar-refractivity contribution < 1.29 is 9.53 Å². The van der Waals surface area contributed by atoms with Crippen LogP contribution in [0.5, 0.6) is 0 Å². The van der Waals surface area contributed by atoms with E-state index in [1.54, 1.807) is 7.11 Å². The summed E-state index contributed by atoms with van der Waals surface area (Å²) < 4.78 is 5.13. The van der Waals surface area contributed by atoms with E-state index in [9.17, 15) is 4.79 Å². The molecule has 0 aromatic carbocycles. The normalized spacial score (nSPS) is 26.6. The van der Waals surface area contributed by atoms with E-state index in [0.717, 1.165) is 19.6 Å². The lowest BCUT2D eigenvalue weighted by molar-refractivity contribution is -0.134. The van der Waals surface area contributed by atoms with E-state index in [4.69, 9.17) is 4.74 Å². The maximum Gasteiger partial charge on any atom is 0.223 e. The first-order chi connectivity index (χ1) is 9.22. The summed E-state index contributed by atoms with van der Waals surface area (Å²) in [6, 6.07) is 0.504. The van der Waals surface area contributed by atoms with Crippen LogP contribution in [0.15, 0.2) is 0 Å². The second-order valence-corrected chi connectivity index (χ2v) is 6.15. The van der Waals surface area contributed by atoms with Crippen LogP contribution in [0.2, 0.25) is 0 Å². The van der Waals surface area contributed by atoms with Gasteiger partial charge in [0, 0.05) is 32.7 Å². The van der Waals surface area contributed by atoms with E-state index in [1.807, 2.05) is 0 Å². The Morgan fingerprint density at radius 1 is 1.37 bits per heavy atom. The summed E-state index contributed by atoms with van der Waals surface area (Å²) in [5, 5.41) is 3.41. The molecule has 4 heteroatoms. The van der Waals surface area contributed by atoms with Crippen LogP contribution < -0.4 is 5.32 Å². The van der Waals surface area contributed by atoms with Crippen LogP contribution in [-0.4, -0.2) is 50.2 Å². The van der Waals surface area contributed by atoms with E-state index >= 15 is 0 Å². The fourth-order valence-electron chi connectivity index (χ4n) is 3.58. The minimum Gasteiger partial charge on any atom is -0.384 e. The third-order valence-corrected chi connectivity index (χ3v) is 4.52. The molecular formula is C15H28N2O2. The smallest absolute Gasteiger partial charge is 0.223 e. The predicted octanol–water partition coefficient (Wildman–Crippen LogP) is 1.65. The molecule has 0 aliphatic carbocycles. The van der Waals surface area contributed by atoms with Crippen LogP contribution in [-0.2, 0) is 9.53 Å². The van der Waals surface area contributed by atoms with E-state index in [2.05, 4.69) is 17.1 Å². The molecule has 1 N–H and O–H groups in total. The number of hydrogen-bond acceptors (Lipinski definition) is 3. The van der Waals surface area contributed by atoms with Crippen molar-refractivity contribution in [3.63, 3.8) is 0 Å². The SMILES string of the molecule is COCC(C)CC(=O)N1CCCC1C1CCNCC1. The summed E-state index contributed by atoms with van der Waals surface area (Å²) in [6.07, 6.45) is 5.47. The van der Waals surface area contributed by atoms with Gasteiger partial charge in [-0.25, -0.2) is 0 Å². The topological polar surface area (TPSA) is 41.6 Å². The van der Waals surface area contributed by atoms with Gasteiger partial charge in [0.1, 0.15) is 0 Å². The van der Waals surface area contributed by atoms with E-state index < -0.39 is 0 Å². The monoisotopic (exact) mass is 268 g/mol. The van der Waals surface area contributed by atoms with Crippen LogP contribution in [0, 0.1) is 11.8 Å². The van der Waals surface area contributed by atoms with Crippen LogP contribution in [0.1, 0.15) is 39.0 Å². The molecule has 19 heavy (non-hydrogen) atoms. The molecular weight excluding hydrogens is 240 g/mol. The quantitative estimate of drug-likeness (QED) is 0.824. The molecule has 2 rings (SSSR count). The van der Waals surface area contributed by atoms with Gasteiger partial charge >= 0.3 is 0 Å². The zero-order chi connectivity index (χ0) is 13.7. The average molecular weight is 268 g/mol. The highest BCUT2D eigenvalue weighted by molar-refractivity contribution is 5.77. The van der Waals surface area contributed by atoms with Gasteiger partial charge in [-0.1, -0.05) is 6.92 Å². The average Bonchev–Trinajstić information content (AvgIpc) is 2.89. The summed E-state index contributed by atoms with van der Waals surface area (Å²) in [7, 11) is 1.70. The molecule has 0 aromatic rings. The Morgan fingerprint density at radius 2 is 2.11 bits per heavy atom. The van der Waals surface area contributed by atoms with Crippen molar-refractivity contribution in [2.45, 2.75) is 45.1 Å². The zero-order valence-electron chi connectivity index (χ0n) is 12.4. The Balaban J connectivity index is 1.88. The summed E-state index contributed by atoms with van der Waals surface area (Å²) in [5.41, 5.74) is 0. The van der Waals surface area contributed by atoms with Gasteiger partial charge in [0.2, 0.25) is 5.91 Å².